The van der Waals surface area contributed by atoms with E-state index in [2.05, 4.69) is 40.3 Å². The van der Waals surface area contributed by atoms with Crippen molar-refractivity contribution in [3.8, 4) is 5.75 Å². The van der Waals surface area contributed by atoms with Gasteiger partial charge in [-0.1, -0.05) is 52.7 Å². The van der Waals surface area contributed by atoms with Gasteiger partial charge in [0.1, 0.15) is 12.4 Å². The van der Waals surface area contributed by atoms with E-state index < -0.39 is 0 Å². The summed E-state index contributed by atoms with van der Waals surface area (Å²) in [5.41, 5.74) is 2.25. The van der Waals surface area contributed by atoms with Gasteiger partial charge in [-0.2, -0.15) is 0 Å². The molecule has 0 aliphatic heterocycles. The van der Waals surface area contributed by atoms with Gasteiger partial charge in [-0.3, -0.25) is 0 Å². The highest BCUT2D eigenvalue weighted by atomic mass is 79.9. The lowest BCUT2D eigenvalue weighted by atomic mass is 10.0. The predicted octanol–water partition coefficient (Wildman–Crippen LogP) is 5.35. The Morgan fingerprint density at radius 1 is 1.19 bits per heavy atom. The molecular formula is C17H19BrClNO. The van der Waals surface area contributed by atoms with Crippen LogP contribution >= 0.6 is 27.5 Å². The monoisotopic (exact) mass is 367 g/mol. The zero-order valence-corrected chi connectivity index (χ0v) is 14.5. The van der Waals surface area contributed by atoms with E-state index in [4.69, 9.17) is 16.3 Å². The molecule has 1 N–H and O–H groups in total. The van der Waals surface area contributed by atoms with Crippen LogP contribution in [0, 0.1) is 0 Å². The van der Waals surface area contributed by atoms with E-state index in [1.165, 1.54) is 5.56 Å². The Morgan fingerprint density at radius 2 is 1.90 bits per heavy atom. The molecule has 1 atom stereocenters. The number of halogens is 2. The van der Waals surface area contributed by atoms with Gasteiger partial charge in [-0.05, 0) is 43.3 Å². The van der Waals surface area contributed by atoms with Gasteiger partial charge in [0.2, 0.25) is 0 Å². The van der Waals surface area contributed by atoms with Gasteiger partial charge < -0.3 is 10.1 Å². The normalized spacial score (nSPS) is 12.2. The molecule has 0 saturated carbocycles. The van der Waals surface area contributed by atoms with E-state index in [1.807, 2.05) is 37.4 Å². The van der Waals surface area contributed by atoms with E-state index in [1.54, 1.807) is 0 Å². The first kappa shape index (κ1) is 16.3. The molecule has 2 nitrogen and oxygen atoms in total. The lowest BCUT2D eigenvalue weighted by molar-refractivity contribution is 0.306. The van der Waals surface area contributed by atoms with Crippen LogP contribution in [0.4, 0.5) is 0 Å². The summed E-state index contributed by atoms with van der Waals surface area (Å²) in [6, 6.07) is 14.4. The average Bonchev–Trinajstić information content (AvgIpc) is 2.49. The van der Waals surface area contributed by atoms with Crippen LogP contribution in [0.2, 0.25) is 5.02 Å². The minimum Gasteiger partial charge on any atom is -0.489 e. The molecule has 0 saturated heterocycles. The summed E-state index contributed by atoms with van der Waals surface area (Å²) in [5, 5.41) is 4.01. The first-order valence-electron chi connectivity index (χ1n) is 6.98. The average molecular weight is 369 g/mol. The van der Waals surface area contributed by atoms with Crippen LogP contribution in [0.15, 0.2) is 46.9 Å². The van der Waals surface area contributed by atoms with Gasteiger partial charge in [0.25, 0.3) is 0 Å². The van der Waals surface area contributed by atoms with Crippen LogP contribution < -0.4 is 10.1 Å². The second kappa shape index (κ2) is 7.83. The van der Waals surface area contributed by atoms with E-state index in [0.717, 1.165) is 22.2 Å². The maximum Gasteiger partial charge on any atom is 0.119 e. The number of nitrogens with one attached hydrogen (secondary N) is 1. The topological polar surface area (TPSA) is 21.3 Å². The molecule has 2 aromatic carbocycles. The van der Waals surface area contributed by atoms with Gasteiger partial charge in [0, 0.05) is 21.1 Å². The first-order chi connectivity index (χ1) is 10.1. The Balaban J connectivity index is 2.00. The van der Waals surface area contributed by atoms with Crippen molar-refractivity contribution in [1.29, 1.82) is 0 Å². The van der Waals surface area contributed by atoms with Crippen LogP contribution in [-0.4, -0.2) is 7.05 Å². The number of hydrogen-bond acceptors (Lipinski definition) is 2. The number of hydrogen-bond donors (Lipinski definition) is 1. The van der Waals surface area contributed by atoms with Crippen molar-refractivity contribution >= 4 is 27.5 Å². The molecule has 21 heavy (non-hydrogen) atoms. The van der Waals surface area contributed by atoms with Gasteiger partial charge in [-0.15, -0.1) is 0 Å². The van der Waals surface area contributed by atoms with E-state index in [-0.39, 0.29) is 0 Å². The van der Waals surface area contributed by atoms with Crippen LogP contribution in [-0.2, 0) is 6.61 Å². The summed E-state index contributed by atoms with van der Waals surface area (Å²) in [5.74, 6) is 0.851. The molecule has 0 radical (unpaired) electrons. The highest BCUT2D eigenvalue weighted by molar-refractivity contribution is 9.10. The molecule has 0 bridgehead atoms. The molecule has 2 rings (SSSR count). The molecule has 0 amide bonds. The second-order valence-corrected chi connectivity index (χ2v) is 6.17. The Bertz CT molecular complexity index is 582. The Morgan fingerprint density at radius 3 is 2.48 bits per heavy atom. The highest BCUT2D eigenvalue weighted by Gasteiger charge is 2.07. The van der Waals surface area contributed by atoms with Crippen LogP contribution in [0.1, 0.15) is 30.5 Å². The van der Waals surface area contributed by atoms with E-state index in [0.29, 0.717) is 17.7 Å². The maximum absolute atomic E-state index is 6.18. The van der Waals surface area contributed by atoms with Crippen molar-refractivity contribution in [2.75, 3.05) is 7.05 Å². The summed E-state index contributed by atoms with van der Waals surface area (Å²) in [6.07, 6.45) is 1.06. The van der Waals surface area contributed by atoms with E-state index >= 15 is 0 Å². The molecule has 2 aromatic rings. The maximum atomic E-state index is 6.18. The minimum atomic E-state index is 0.389. The largest absolute Gasteiger partial charge is 0.489 e. The van der Waals surface area contributed by atoms with Gasteiger partial charge >= 0.3 is 0 Å². The Kier molecular flexibility index (Phi) is 6.09. The zero-order chi connectivity index (χ0) is 15.2. The number of benzene rings is 2. The molecule has 0 spiro atoms. The first-order valence-corrected chi connectivity index (χ1v) is 8.15. The quantitative estimate of drug-likeness (QED) is 0.742. The van der Waals surface area contributed by atoms with Crippen molar-refractivity contribution in [3.05, 3.63) is 63.1 Å². The van der Waals surface area contributed by atoms with Gasteiger partial charge in [-0.25, -0.2) is 0 Å². The van der Waals surface area contributed by atoms with Crippen molar-refractivity contribution in [2.24, 2.45) is 0 Å². The second-order valence-electron chi connectivity index (χ2n) is 4.84. The molecule has 0 heterocycles. The van der Waals surface area contributed by atoms with Crippen LogP contribution in [0.5, 0.6) is 5.75 Å². The minimum absolute atomic E-state index is 0.389. The third-order valence-corrected chi connectivity index (χ3v) is 4.29. The molecule has 112 valence electrons. The number of rotatable bonds is 6. The van der Waals surface area contributed by atoms with Crippen LogP contribution in [0.3, 0.4) is 0 Å². The molecular weight excluding hydrogens is 350 g/mol. The molecule has 0 aliphatic carbocycles. The molecule has 0 aliphatic rings. The summed E-state index contributed by atoms with van der Waals surface area (Å²) >= 11 is 9.58. The Hall–Kier alpha value is -1.03. The number of ether oxygens (including phenoxy) is 1. The Labute approximate surface area is 139 Å². The standard InChI is InChI=1S/C17H19BrClNO/c1-3-17(20-2)12-5-8-15(9-6-12)21-11-13-4-7-14(18)10-16(13)19/h4-10,17,20H,3,11H2,1-2H3. The van der Waals surface area contributed by atoms with Gasteiger partial charge in [0.05, 0.1) is 0 Å². The zero-order valence-electron chi connectivity index (χ0n) is 12.2. The SMILES string of the molecule is CCC(NC)c1ccc(OCc2ccc(Br)cc2Cl)cc1. The van der Waals surface area contributed by atoms with Crippen molar-refractivity contribution in [1.82, 2.24) is 5.32 Å². The fourth-order valence-electron chi connectivity index (χ4n) is 2.20. The lowest BCUT2D eigenvalue weighted by Gasteiger charge is -2.15. The predicted molar refractivity (Wildman–Crippen MR) is 92.0 cm³/mol. The van der Waals surface area contributed by atoms with E-state index in [9.17, 15) is 0 Å². The van der Waals surface area contributed by atoms with Crippen molar-refractivity contribution < 1.29 is 4.74 Å². The smallest absolute Gasteiger partial charge is 0.119 e. The molecule has 0 aromatic heterocycles. The summed E-state index contributed by atoms with van der Waals surface area (Å²) in [4.78, 5) is 0. The molecule has 4 heteroatoms. The summed E-state index contributed by atoms with van der Waals surface area (Å²) in [7, 11) is 1.98. The molecule has 0 fully saturated rings. The third-order valence-electron chi connectivity index (χ3n) is 3.45. The fourth-order valence-corrected chi connectivity index (χ4v) is 2.93. The summed E-state index contributed by atoms with van der Waals surface area (Å²) in [6.45, 7) is 2.63. The van der Waals surface area contributed by atoms with Crippen LogP contribution in [0.25, 0.3) is 0 Å². The van der Waals surface area contributed by atoms with Crippen molar-refractivity contribution in [2.45, 2.75) is 26.0 Å². The highest BCUT2D eigenvalue weighted by Crippen LogP contribution is 2.24. The summed E-state index contributed by atoms with van der Waals surface area (Å²) < 4.78 is 6.77. The molecule has 1 unspecified atom stereocenters. The fraction of sp³-hybridized carbons (Fsp3) is 0.294. The lowest BCUT2D eigenvalue weighted by Crippen LogP contribution is -2.14. The third kappa shape index (κ3) is 4.47. The van der Waals surface area contributed by atoms with Crippen molar-refractivity contribution in [3.63, 3.8) is 0 Å². The van der Waals surface area contributed by atoms with Gasteiger partial charge in [0.15, 0.2) is 0 Å².